The van der Waals surface area contributed by atoms with Gasteiger partial charge in [-0.25, -0.2) is 14.3 Å². The summed E-state index contributed by atoms with van der Waals surface area (Å²) in [6, 6.07) is 11.8. The number of amides is 4. The van der Waals surface area contributed by atoms with Gasteiger partial charge in [-0.05, 0) is 68.0 Å². The van der Waals surface area contributed by atoms with E-state index >= 15 is 0 Å². The summed E-state index contributed by atoms with van der Waals surface area (Å²) in [6.45, 7) is 6.38. The summed E-state index contributed by atoms with van der Waals surface area (Å²) in [5.41, 5.74) is 7.52. The summed E-state index contributed by atoms with van der Waals surface area (Å²) in [4.78, 5) is 58.3. The van der Waals surface area contributed by atoms with Crippen molar-refractivity contribution in [2.75, 3.05) is 31.5 Å². The van der Waals surface area contributed by atoms with Crippen LogP contribution in [0.25, 0.3) is 0 Å². The van der Waals surface area contributed by atoms with Crippen molar-refractivity contribution in [3.8, 4) is 5.75 Å². The Bertz CT molecular complexity index is 1690. The number of hydrogen-bond donors (Lipinski definition) is 4. The first-order chi connectivity index (χ1) is 25.5. The Morgan fingerprint density at radius 1 is 0.943 bits per heavy atom. The molecule has 53 heavy (non-hydrogen) atoms. The van der Waals surface area contributed by atoms with Crippen LogP contribution >= 0.6 is 0 Å². The molecule has 4 amide bonds. The van der Waals surface area contributed by atoms with Crippen LogP contribution in [-0.2, 0) is 20.9 Å². The molecule has 1 aromatic heterocycles. The minimum Gasteiger partial charge on any atom is -0.429 e. The number of nitro groups is 1. The standard InChI is InChI=1S/C36H47N9O8/c1-25(2)34(38-19-5-3-4-6-21-43-32(46)17-18-33(43)47)31-23-44(42-41-31)29(8-7-20-39-35(37)48)22-40-27-11-9-26(10-12-27)24-52-36(49)53-30-15-13-28(14-16-30)45(50)51/h9-18,23,25,29,34,38,40H,3-8,19-22,24H2,1-2H3,(H3,37,39,48)/t29-,34-/m0/s1. The van der Waals surface area contributed by atoms with Crippen LogP contribution in [0.3, 0.4) is 0 Å². The van der Waals surface area contributed by atoms with Gasteiger partial charge in [0.05, 0.1) is 28.9 Å². The third-order valence-electron chi connectivity index (χ3n) is 8.58. The number of nitro benzene ring substituents is 1. The van der Waals surface area contributed by atoms with E-state index in [0.29, 0.717) is 32.5 Å². The lowest BCUT2D eigenvalue weighted by Crippen LogP contribution is -2.30. The molecule has 0 spiro atoms. The zero-order valence-corrected chi connectivity index (χ0v) is 29.9. The number of aromatic nitrogens is 3. The molecular formula is C36H47N9O8. The van der Waals surface area contributed by atoms with Crippen molar-refractivity contribution in [1.82, 2.24) is 30.5 Å². The number of unbranched alkanes of at least 4 members (excludes halogenated alkanes) is 3. The fourth-order valence-corrected chi connectivity index (χ4v) is 5.69. The molecule has 2 atom stereocenters. The predicted molar refractivity (Wildman–Crippen MR) is 195 cm³/mol. The number of nitrogens with zero attached hydrogens (tertiary/aromatic N) is 5. The van der Waals surface area contributed by atoms with Gasteiger partial charge >= 0.3 is 12.2 Å². The van der Waals surface area contributed by atoms with E-state index in [1.165, 1.54) is 41.3 Å². The third-order valence-corrected chi connectivity index (χ3v) is 8.58. The maximum atomic E-state index is 12.1. The fraction of sp³-hybridized carbons (Fsp3) is 0.444. The minimum absolute atomic E-state index is 0.0130. The molecule has 0 fully saturated rings. The Labute approximate surface area is 307 Å². The molecule has 0 aliphatic carbocycles. The number of urea groups is 1. The first kappa shape index (κ1) is 39.9. The lowest BCUT2D eigenvalue weighted by Gasteiger charge is -2.21. The van der Waals surface area contributed by atoms with Crippen molar-refractivity contribution in [3.63, 3.8) is 0 Å². The van der Waals surface area contributed by atoms with E-state index in [2.05, 4.69) is 40.1 Å². The maximum absolute atomic E-state index is 12.1. The number of rotatable bonds is 22. The van der Waals surface area contributed by atoms with Crippen LogP contribution in [0.15, 0.2) is 66.9 Å². The van der Waals surface area contributed by atoms with Gasteiger partial charge in [0.1, 0.15) is 12.4 Å². The summed E-state index contributed by atoms with van der Waals surface area (Å²) in [7, 11) is 0. The number of ether oxygens (including phenoxy) is 2. The molecule has 2 heterocycles. The van der Waals surface area contributed by atoms with Crippen molar-refractivity contribution in [2.45, 2.75) is 71.1 Å². The molecule has 3 aromatic rings. The van der Waals surface area contributed by atoms with Gasteiger partial charge in [0.15, 0.2) is 0 Å². The number of hydrogen-bond acceptors (Lipinski definition) is 12. The Kier molecular flexibility index (Phi) is 15.3. The molecule has 1 aliphatic heterocycles. The van der Waals surface area contributed by atoms with Crippen LogP contribution in [0, 0.1) is 16.0 Å². The number of anilines is 1. The van der Waals surface area contributed by atoms with Crippen LogP contribution in [0.1, 0.15) is 75.7 Å². The minimum atomic E-state index is -0.933. The second-order valence-electron chi connectivity index (χ2n) is 12.9. The largest absolute Gasteiger partial charge is 0.514 e. The molecule has 2 aromatic carbocycles. The van der Waals surface area contributed by atoms with Crippen molar-refractivity contribution in [2.24, 2.45) is 11.7 Å². The second kappa shape index (κ2) is 20.3. The molecule has 4 rings (SSSR count). The van der Waals surface area contributed by atoms with E-state index in [9.17, 15) is 29.3 Å². The molecule has 0 saturated heterocycles. The molecule has 17 nitrogen and oxygen atoms in total. The lowest BCUT2D eigenvalue weighted by atomic mass is 10.0. The average Bonchev–Trinajstić information content (AvgIpc) is 3.74. The number of non-ortho nitro benzene ring substituents is 1. The number of imide groups is 1. The smallest absolute Gasteiger partial charge is 0.429 e. The van der Waals surface area contributed by atoms with Crippen LogP contribution < -0.4 is 26.4 Å². The maximum Gasteiger partial charge on any atom is 0.514 e. The highest BCUT2D eigenvalue weighted by molar-refractivity contribution is 6.12. The fourth-order valence-electron chi connectivity index (χ4n) is 5.69. The second-order valence-corrected chi connectivity index (χ2v) is 12.9. The van der Waals surface area contributed by atoms with Crippen LogP contribution in [0.5, 0.6) is 5.75 Å². The highest BCUT2D eigenvalue weighted by Crippen LogP contribution is 2.23. The number of benzene rings is 2. The van der Waals surface area contributed by atoms with Crippen LogP contribution in [-0.4, -0.2) is 75.0 Å². The van der Waals surface area contributed by atoms with Gasteiger partial charge < -0.3 is 31.2 Å². The van der Waals surface area contributed by atoms with E-state index in [4.69, 9.17) is 15.2 Å². The molecule has 0 saturated carbocycles. The zero-order valence-electron chi connectivity index (χ0n) is 29.9. The third kappa shape index (κ3) is 13.0. The Morgan fingerprint density at radius 2 is 1.64 bits per heavy atom. The molecule has 0 radical (unpaired) electrons. The molecule has 17 heteroatoms. The lowest BCUT2D eigenvalue weighted by molar-refractivity contribution is -0.384. The Hall–Kier alpha value is -5.84. The van der Waals surface area contributed by atoms with E-state index < -0.39 is 17.1 Å². The summed E-state index contributed by atoms with van der Waals surface area (Å²) < 4.78 is 12.1. The van der Waals surface area contributed by atoms with Crippen molar-refractivity contribution in [3.05, 3.63) is 88.3 Å². The SMILES string of the molecule is CC(C)[C@H](NCCCCCCN1C(=O)C=CC1=O)c1cn([C@@H](CCCNC(N)=O)CNc2ccc(COC(=O)Oc3ccc([N+](=O)[O-])cc3)cc2)nn1. The summed E-state index contributed by atoms with van der Waals surface area (Å²) in [5, 5.41) is 29.5. The van der Waals surface area contributed by atoms with E-state index in [1.54, 1.807) is 0 Å². The molecule has 1 aliphatic rings. The topological polar surface area (TPSA) is 226 Å². The van der Waals surface area contributed by atoms with Gasteiger partial charge in [-0.2, -0.15) is 0 Å². The Morgan fingerprint density at radius 3 is 2.30 bits per heavy atom. The summed E-state index contributed by atoms with van der Waals surface area (Å²) in [6.07, 6.45) is 8.59. The van der Waals surface area contributed by atoms with Gasteiger partial charge in [-0.3, -0.25) is 24.6 Å². The van der Waals surface area contributed by atoms with Crippen LogP contribution in [0.4, 0.5) is 21.0 Å². The number of nitrogens with two attached hydrogens (primary N) is 1. The number of nitrogens with one attached hydrogen (secondary N) is 3. The highest BCUT2D eigenvalue weighted by atomic mass is 16.7. The van der Waals surface area contributed by atoms with E-state index in [-0.39, 0.29) is 47.9 Å². The number of carbonyl (C=O) groups is 4. The average molecular weight is 734 g/mol. The first-order valence-corrected chi connectivity index (χ1v) is 17.6. The molecule has 0 unspecified atom stereocenters. The predicted octanol–water partition coefficient (Wildman–Crippen LogP) is 4.78. The van der Waals surface area contributed by atoms with Gasteiger partial charge in [0.2, 0.25) is 0 Å². The van der Waals surface area contributed by atoms with Gasteiger partial charge in [-0.1, -0.05) is 44.0 Å². The van der Waals surface area contributed by atoms with Crippen molar-refractivity contribution in [1.29, 1.82) is 0 Å². The molecule has 0 bridgehead atoms. The van der Waals surface area contributed by atoms with E-state index in [0.717, 1.165) is 49.2 Å². The van der Waals surface area contributed by atoms with E-state index in [1.807, 2.05) is 35.1 Å². The number of primary amides is 1. The Balaban J connectivity index is 1.26. The van der Waals surface area contributed by atoms with Crippen molar-refractivity contribution < 1.29 is 33.6 Å². The quantitative estimate of drug-likeness (QED) is 0.0273. The van der Waals surface area contributed by atoms with Gasteiger partial charge in [0.25, 0.3) is 17.5 Å². The molecule has 5 N–H and O–H groups in total. The number of carbonyl (C=O) groups excluding carboxylic acids is 4. The van der Waals surface area contributed by atoms with Gasteiger partial charge in [0, 0.05) is 49.6 Å². The monoisotopic (exact) mass is 733 g/mol. The molecular weight excluding hydrogens is 686 g/mol. The normalized spacial score (nSPS) is 13.6. The van der Waals surface area contributed by atoms with Crippen LogP contribution in [0.2, 0.25) is 0 Å². The van der Waals surface area contributed by atoms with Crippen molar-refractivity contribution >= 4 is 35.4 Å². The van der Waals surface area contributed by atoms with Gasteiger partial charge in [-0.15, -0.1) is 5.10 Å². The first-order valence-electron chi connectivity index (χ1n) is 17.6. The zero-order chi connectivity index (χ0) is 38.2. The summed E-state index contributed by atoms with van der Waals surface area (Å²) >= 11 is 0. The summed E-state index contributed by atoms with van der Waals surface area (Å²) in [5.74, 6) is -0.102. The highest BCUT2D eigenvalue weighted by Gasteiger charge is 2.23. The molecule has 284 valence electrons.